The quantitative estimate of drug-likeness (QED) is 0.499. The van der Waals surface area contributed by atoms with E-state index in [1.54, 1.807) is 23.2 Å². The summed E-state index contributed by atoms with van der Waals surface area (Å²) in [6, 6.07) is 1.95. The average Bonchev–Trinajstić information content (AvgIpc) is 3.39. The summed E-state index contributed by atoms with van der Waals surface area (Å²) >= 11 is 0. The topological polar surface area (TPSA) is 96.2 Å². The Morgan fingerprint density at radius 1 is 1.06 bits per heavy atom. The lowest BCUT2D eigenvalue weighted by Crippen LogP contribution is -2.47. The zero-order chi connectivity index (χ0) is 25.2. The molecule has 36 heavy (non-hydrogen) atoms. The molecule has 9 nitrogen and oxygen atoms in total. The molecule has 3 aromatic rings. The number of nitrogens with one attached hydrogen (secondary N) is 1. The summed E-state index contributed by atoms with van der Waals surface area (Å²) in [5, 5.41) is 4.02. The van der Waals surface area contributed by atoms with Gasteiger partial charge in [-0.05, 0) is 32.3 Å². The summed E-state index contributed by atoms with van der Waals surface area (Å²) in [6.45, 7) is 6.60. The molecule has 0 bridgehead atoms. The predicted octanol–water partition coefficient (Wildman–Crippen LogP) is 3.65. The van der Waals surface area contributed by atoms with Crippen molar-refractivity contribution in [3.8, 4) is 0 Å². The second kappa shape index (κ2) is 10.3. The number of alkyl halides is 1. The first-order chi connectivity index (χ1) is 17.5. The van der Waals surface area contributed by atoms with E-state index in [1.165, 1.54) is 6.92 Å². The summed E-state index contributed by atoms with van der Waals surface area (Å²) in [7, 11) is 0. The Bertz CT molecular complexity index is 1310. The number of nitrogens with zero attached hydrogens (tertiary/aromatic N) is 6. The summed E-state index contributed by atoms with van der Waals surface area (Å²) in [5.41, 5.74) is 1.49. The highest BCUT2D eigenvalue weighted by atomic mass is 19.1. The number of fused-ring (bicyclic) bond motifs is 1. The molecule has 3 aromatic heterocycles. The average molecular weight is 494 g/mol. The van der Waals surface area contributed by atoms with Gasteiger partial charge in [0.1, 0.15) is 24.1 Å². The van der Waals surface area contributed by atoms with E-state index in [4.69, 9.17) is 0 Å². The van der Waals surface area contributed by atoms with Gasteiger partial charge in [-0.1, -0.05) is 12.8 Å². The minimum absolute atomic E-state index is 0.0818. The van der Waals surface area contributed by atoms with Gasteiger partial charge in [0, 0.05) is 56.4 Å². The number of rotatable bonds is 7. The fourth-order valence-corrected chi connectivity index (χ4v) is 5.47. The van der Waals surface area contributed by atoms with E-state index in [-0.39, 0.29) is 29.6 Å². The highest BCUT2D eigenvalue weighted by Crippen LogP contribution is 2.33. The lowest BCUT2D eigenvalue weighted by molar-refractivity contribution is 0.101. The Morgan fingerprint density at radius 2 is 1.78 bits per heavy atom. The second-order valence-electron chi connectivity index (χ2n) is 9.66. The van der Waals surface area contributed by atoms with Gasteiger partial charge in [0.25, 0.3) is 5.56 Å². The van der Waals surface area contributed by atoms with Gasteiger partial charge in [0.05, 0.1) is 23.5 Å². The van der Waals surface area contributed by atoms with Crippen LogP contribution < -0.4 is 15.8 Å². The molecule has 0 unspecified atom stereocenters. The number of pyridine rings is 2. The van der Waals surface area contributed by atoms with Crippen molar-refractivity contribution in [2.24, 2.45) is 0 Å². The molecule has 0 amide bonds. The second-order valence-corrected chi connectivity index (χ2v) is 9.66. The third-order valence-corrected chi connectivity index (χ3v) is 7.39. The van der Waals surface area contributed by atoms with E-state index >= 15 is 0 Å². The molecule has 0 spiro atoms. The van der Waals surface area contributed by atoms with E-state index < -0.39 is 0 Å². The standard InChI is InChI=1S/C26H32FN7O2/c1-17-20-14-28-22(13-21(20)34(19-5-3-4-6-19)26(36)25(17)18(2)35)31-23-15-30-24(16-29-23)33-11-9-32(8-7-27)10-12-33/h13-16,19H,3-12H2,1-2H3,(H,28,29,31). The Labute approximate surface area is 209 Å². The van der Waals surface area contributed by atoms with Gasteiger partial charge in [0.2, 0.25) is 0 Å². The SMILES string of the molecule is CC(=O)c1c(C)c2cnc(Nc3cnc(N4CCN(CCF)CC4)cn3)cc2n(C2CCCC2)c1=O. The highest BCUT2D eigenvalue weighted by molar-refractivity contribution is 6.00. The highest BCUT2D eigenvalue weighted by Gasteiger charge is 2.25. The Balaban J connectivity index is 1.41. The van der Waals surface area contributed by atoms with Crippen molar-refractivity contribution >= 4 is 34.1 Å². The van der Waals surface area contributed by atoms with Gasteiger partial charge in [-0.25, -0.2) is 19.3 Å². The molecule has 4 heterocycles. The fourth-order valence-electron chi connectivity index (χ4n) is 5.47. The van der Waals surface area contributed by atoms with Crippen molar-refractivity contribution in [3.63, 3.8) is 0 Å². The number of aromatic nitrogens is 4. The predicted molar refractivity (Wildman–Crippen MR) is 138 cm³/mol. The van der Waals surface area contributed by atoms with Crippen LogP contribution in [-0.2, 0) is 0 Å². The first-order valence-corrected chi connectivity index (χ1v) is 12.6. The molecule has 1 aliphatic carbocycles. The maximum absolute atomic E-state index is 13.4. The summed E-state index contributed by atoms with van der Waals surface area (Å²) in [5.74, 6) is 1.68. The summed E-state index contributed by atoms with van der Waals surface area (Å²) in [6.07, 6.45) is 9.12. The van der Waals surface area contributed by atoms with E-state index in [2.05, 4.69) is 30.1 Å². The first kappa shape index (κ1) is 24.3. The zero-order valence-electron chi connectivity index (χ0n) is 20.8. The molecule has 2 aliphatic rings. The monoisotopic (exact) mass is 493 g/mol. The molecular weight excluding hydrogens is 461 g/mol. The minimum atomic E-state index is -0.322. The first-order valence-electron chi connectivity index (χ1n) is 12.6. The van der Waals surface area contributed by atoms with Crippen molar-refractivity contribution < 1.29 is 9.18 Å². The van der Waals surface area contributed by atoms with Crippen LogP contribution in [0.15, 0.2) is 29.5 Å². The van der Waals surface area contributed by atoms with Crippen LogP contribution in [0.2, 0.25) is 0 Å². The number of halogens is 1. The molecule has 190 valence electrons. The Hall–Kier alpha value is -3.40. The van der Waals surface area contributed by atoms with E-state index in [1.807, 2.05) is 13.0 Å². The molecule has 1 aliphatic heterocycles. The molecule has 5 rings (SSSR count). The zero-order valence-corrected chi connectivity index (χ0v) is 20.8. The summed E-state index contributed by atoms with van der Waals surface area (Å²) in [4.78, 5) is 43.6. The number of carbonyl (C=O) groups excluding carboxylic acids is 1. The third-order valence-electron chi connectivity index (χ3n) is 7.39. The van der Waals surface area contributed by atoms with Crippen LogP contribution in [0.25, 0.3) is 10.9 Å². The van der Waals surface area contributed by atoms with Crippen LogP contribution in [0, 0.1) is 6.92 Å². The molecule has 1 N–H and O–H groups in total. The number of anilines is 3. The van der Waals surface area contributed by atoms with E-state index in [9.17, 15) is 14.0 Å². The lowest BCUT2D eigenvalue weighted by atomic mass is 10.0. The number of carbonyl (C=O) groups is 1. The number of Topliss-reactive ketones (excluding diaryl/α,β-unsaturated/α-hetero) is 1. The smallest absolute Gasteiger partial charge is 0.262 e. The summed E-state index contributed by atoms with van der Waals surface area (Å²) < 4.78 is 14.4. The molecule has 10 heteroatoms. The molecule has 0 radical (unpaired) electrons. The number of piperazine rings is 1. The number of ketones is 1. The van der Waals surface area contributed by atoms with Crippen molar-refractivity contribution in [1.82, 2.24) is 24.4 Å². The minimum Gasteiger partial charge on any atom is -0.353 e. The van der Waals surface area contributed by atoms with Crippen molar-refractivity contribution in [3.05, 3.63) is 46.1 Å². The Kier molecular flexibility index (Phi) is 6.95. The largest absolute Gasteiger partial charge is 0.353 e. The lowest BCUT2D eigenvalue weighted by Gasteiger charge is -2.34. The molecule has 1 saturated carbocycles. The van der Waals surface area contributed by atoms with Crippen LogP contribution >= 0.6 is 0 Å². The fraction of sp³-hybridized carbons (Fsp3) is 0.500. The number of hydrogen-bond acceptors (Lipinski definition) is 8. The third kappa shape index (κ3) is 4.69. The van der Waals surface area contributed by atoms with Crippen molar-refractivity contribution in [2.45, 2.75) is 45.6 Å². The maximum Gasteiger partial charge on any atom is 0.262 e. The van der Waals surface area contributed by atoms with Gasteiger partial charge in [-0.2, -0.15) is 0 Å². The van der Waals surface area contributed by atoms with Crippen LogP contribution in [-0.4, -0.2) is 69.6 Å². The van der Waals surface area contributed by atoms with Crippen LogP contribution in [0.5, 0.6) is 0 Å². The molecule has 0 aromatic carbocycles. The number of hydrogen-bond donors (Lipinski definition) is 1. The van der Waals surface area contributed by atoms with E-state index in [0.717, 1.165) is 68.6 Å². The van der Waals surface area contributed by atoms with Crippen molar-refractivity contribution in [1.29, 1.82) is 0 Å². The van der Waals surface area contributed by atoms with E-state index in [0.29, 0.717) is 23.7 Å². The van der Waals surface area contributed by atoms with Gasteiger partial charge in [0.15, 0.2) is 5.78 Å². The Morgan fingerprint density at radius 3 is 2.42 bits per heavy atom. The van der Waals surface area contributed by atoms with Crippen molar-refractivity contribution in [2.75, 3.05) is 49.6 Å². The molecule has 1 saturated heterocycles. The maximum atomic E-state index is 13.4. The van der Waals surface area contributed by atoms with Gasteiger partial charge >= 0.3 is 0 Å². The number of aryl methyl sites for hydroxylation is 1. The van der Waals surface area contributed by atoms with Gasteiger partial charge < -0.3 is 14.8 Å². The molecule has 2 fully saturated rings. The molecule has 0 atom stereocenters. The van der Waals surface area contributed by atoms with Gasteiger partial charge in [-0.3, -0.25) is 14.5 Å². The van der Waals surface area contributed by atoms with Gasteiger partial charge in [-0.15, -0.1) is 0 Å². The normalized spacial score (nSPS) is 17.1. The van der Waals surface area contributed by atoms with Crippen LogP contribution in [0.4, 0.5) is 21.8 Å². The van der Waals surface area contributed by atoms with Crippen LogP contribution in [0.1, 0.15) is 54.6 Å². The van der Waals surface area contributed by atoms with Crippen LogP contribution in [0.3, 0.4) is 0 Å². The molecular formula is C26H32FN7O2.